The van der Waals surface area contributed by atoms with Crippen molar-refractivity contribution in [3.8, 4) is 5.75 Å². The number of carbonyl (C=O) groups is 1. The van der Waals surface area contributed by atoms with Crippen LogP contribution >= 0.6 is 0 Å². The lowest BCUT2D eigenvalue weighted by molar-refractivity contribution is 0.101. The number of anilines is 1. The quantitative estimate of drug-likeness (QED) is 0.666. The Bertz CT molecular complexity index is 1010. The Morgan fingerprint density at radius 3 is 2.82 bits per heavy atom. The number of benzene rings is 2. The third kappa shape index (κ3) is 3.58. The van der Waals surface area contributed by atoms with Crippen LogP contribution in [0.25, 0.3) is 10.8 Å². The van der Waals surface area contributed by atoms with Crippen molar-refractivity contribution in [3.63, 3.8) is 0 Å². The van der Waals surface area contributed by atoms with Crippen molar-refractivity contribution in [1.82, 2.24) is 14.7 Å². The lowest BCUT2D eigenvalue weighted by atomic mass is 10.1. The van der Waals surface area contributed by atoms with Crippen LogP contribution in [0.5, 0.6) is 5.75 Å². The maximum Gasteiger partial charge on any atom is 0.276 e. The van der Waals surface area contributed by atoms with Gasteiger partial charge in [0.15, 0.2) is 5.69 Å². The van der Waals surface area contributed by atoms with Gasteiger partial charge >= 0.3 is 0 Å². The zero-order valence-corrected chi connectivity index (χ0v) is 16.1. The fourth-order valence-corrected chi connectivity index (χ4v) is 3.79. The molecule has 3 aromatic rings. The number of hydrogen-bond acceptors (Lipinski definition) is 5. The first-order chi connectivity index (χ1) is 13.5. The van der Waals surface area contributed by atoms with Crippen molar-refractivity contribution in [1.29, 1.82) is 0 Å². The fraction of sp³-hybridized carbons (Fsp3) is 0.333. The number of phenolic OH excluding ortho intramolecular Hbond substituents is 1. The average Bonchev–Trinajstić information content (AvgIpc) is 3.30. The van der Waals surface area contributed by atoms with E-state index in [9.17, 15) is 9.90 Å². The van der Waals surface area contributed by atoms with Gasteiger partial charge in [-0.15, -0.1) is 0 Å². The van der Waals surface area contributed by atoms with Gasteiger partial charge in [-0.1, -0.05) is 24.3 Å². The van der Waals surface area contributed by atoms with E-state index >= 15 is 0 Å². The van der Waals surface area contributed by atoms with Gasteiger partial charge in [-0.2, -0.15) is 5.10 Å². The summed E-state index contributed by atoms with van der Waals surface area (Å²) >= 11 is 0. The number of amides is 1. The number of ether oxygens (including phenoxy) is 1. The van der Waals surface area contributed by atoms with E-state index in [0.717, 1.165) is 30.5 Å². The Labute approximate surface area is 163 Å². The van der Waals surface area contributed by atoms with Crippen molar-refractivity contribution in [3.05, 3.63) is 53.9 Å². The number of aromatic nitrogens is 2. The summed E-state index contributed by atoms with van der Waals surface area (Å²) in [6.45, 7) is 2.46. The highest BCUT2D eigenvalue weighted by Gasteiger charge is 2.25. The molecule has 1 unspecified atom stereocenters. The average molecular weight is 380 g/mol. The molecule has 0 aliphatic carbocycles. The SMILES string of the molecule is COC1CCN(Cc2cn(C)nc2C(=O)Nc2ccc(O)c3ccccc23)C1. The van der Waals surface area contributed by atoms with Gasteiger partial charge < -0.3 is 15.2 Å². The van der Waals surface area contributed by atoms with E-state index in [1.54, 1.807) is 23.9 Å². The number of likely N-dealkylation sites (tertiary alicyclic amines) is 1. The first-order valence-corrected chi connectivity index (χ1v) is 9.35. The van der Waals surface area contributed by atoms with E-state index in [0.29, 0.717) is 23.3 Å². The predicted octanol–water partition coefficient (Wildman–Crippen LogP) is 2.75. The number of fused-ring (bicyclic) bond motifs is 1. The van der Waals surface area contributed by atoms with Crippen LogP contribution in [0.2, 0.25) is 0 Å². The van der Waals surface area contributed by atoms with Crippen LogP contribution in [0.1, 0.15) is 22.5 Å². The molecule has 7 heteroatoms. The number of nitrogens with one attached hydrogen (secondary N) is 1. The van der Waals surface area contributed by atoms with E-state index < -0.39 is 0 Å². The molecule has 7 nitrogen and oxygen atoms in total. The van der Waals surface area contributed by atoms with Crippen LogP contribution in [0.4, 0.5) is 5.69 Å². The molecule has 0 radical (unpaired) electrons. The van der Waals surface area contributed by atoms with Gasteiger partial charge in [-0.25, -0.2) is 0 Å². The van der Waals surface area contributed by atoms with E-state index in [1.807, 2.05) is 37.5 Å². The standard InChI is InChI=1S/C21H24N4O3/c1-24-11-14(12-25-10-9-15(13-25)28-2)20(23-24)21(27)22-18-7-8-19(26)17-6-4-3-5-16(17)18/h3-8,11,15,26H,9-10,12-13H2,1-2H3,(H,22,27). The molecule has 4 rings (SSSR count). The third-order valence-electron chi connectivity index (χ3n) is 5.23. The lowest BCUT2D eigenvalue weighted by Crippen LogP contribution is -2.24. The van der Waals surface area contributed by atoms with Crippen LogP contribution in [-0.2, 0) is 18.3 Å². The highest BCUT2D eigenvalue weighted by molar-refractivity contribution is 6.09. The van der Waals surface area contributed by atoms with Crippen molar-refractivity contribution in [2.45, 2.75) is 19.1 Å². The first-order valence-electron chi connectivity index (χ1n) is 9.35. The van der Waals surface area contributed by atoms with Crippen LogP contribution in [0, 0.1) is 0 Å². The van der Waals surface area contributed by atoms with Gasteiger partial charge in [-0.3, -0.25) is 14.4 Å². The summed E-state index contributed by atoms with van der Waals surface area (Å²) in [5.41, 5.74) is 1.95. The largest absolute Gasteiger partial charge is 0.507 e. The molecule has 2 heterocycles. The molecule has 0 spiro atoms. The highest BCUT2D eigenvalue weighted by atomic mass is 16.5. The molecule has 1 aromatic heterocycles. The topological polar surface area (TPSA) is 79.6 Å². The summed E-state index contributed by atoms with van der Waals surface area (Å²) in [6, 6.07) is 10.7. The normalized spacial score (nSPS) is 17.3. The summed E-state index contributed by atoms with van der Waals surface area (Å²) < 4.78 is 7.10. The molecular formula is C21H24N4O3. The molecular weight excluding hydrogens is 356 g/mol. The van der Waals surface area contributed by atoms with E-state index in [1.165, 1.54) is 0 Å². The number of rotatable bonds is 5. The Morgan fingerprint density at radius 2 is 2.07 bits per heavy atom. The summed E-state index contributed by atoms with van der Waals surface area (Å²) in [5, 5.41) is 18.9. The zero-order chi connectivity index (χ0) is 19.7. The number of nitrogens with zero attached hydrogens (tertiary/aromatic N) is 3. The van der Waals surface area contributed by atoms with Crippen LogP contribution < -0.4 is 5.32 Å². The second kappa shape index (κ2) is 7.61. The van der Waals surface area contributed by atoms with Crippen molar-refractivity contribution in [2.24, 2.45) is 7.05 Å². The lowest BCUT2D eigenvalue weighted by Gasteiger charge is -2.15. The second-order valence-corrected chi connectivity index (χ2v) is 7.19. The van der Waals surface area contributed by atoms with Gasteiger partial charge in [-0.05, 0) is 18.6 Å². The predicted molar refractivity (Wildman–Crippen MR) is 107 cm³/mol. The second-order valence-electron chi connectivity index (χ2n) is 7.19. The van der Waals surface area contributed by atoms with Crippen LogP contribution in [-0.4, -0.2) is 52.0 Å². The molecule has 0 bridgehead atoms. The fourth-order valence-electron chi connectivity index (χ4n) is 3.79. The van der Waals surface area contributed by atoms with Gasteiger partial charge in [0.05, 0.1) is 6.10 Å². The van der Waals surface area contributed by atoms with Gasteiger partial charge in [0.1, 0.15) is 5.75 Å². The van der Waals surface area contributed by atoms with Crippen molar-refractivity contribution in [2.75, 3.05) is 25.5 Å². The molecule has 1 saturated heterocycles. The monoisotopic (exact) mass is 380 g/mol. The van der Waals surface area contributed by atoms with E-state index in [-0.39, 0.29) is 17.8 Å². The molecule has 2 aromatic carbocycles. The number of phenols is 1. The molecule has 1 aliphatic rings. The Balaban J connectivity index is 1.57. The maximum atomic E-state index is 13.0. The minimum absolute atomic E-state index is 0.189. The molecule has 146 valence electrons. The molecule has 1 amide bonds. The Kier molecular flexibility index (Phi) is 5.02. The van der Waals surface area contributed by atoms with Crippen LogP contribution in [0.15, 0.2) is 42.6 Å². The number of methoxy groups -OCH3 is 1. The molecule has 28 heavy (non-hydrogen) atoms. The van der Waals surface area contributed by atoms with Crippen molar-refractivity contribution < 1.29 is 14.6 Å². The number of hydrogen-bond donors (Lipinski definition) is 2. The Hall–Kier alpha value is -2.90. The van der Waals surface area contributed by atoms with Crippen molar-refractivity contribution >= 4 is 22.4 Å². The van der Waals surface area contributed by atoms with Gasteiger partial charge in [0, 0.05) is 62.0 Å². The molecule has 1 atom stereocenters. The Morgan fingerprint density at radius 1 is 1.29 bits per heavy atom. The molecule has 1 aliphatic heterocycles. The maximum absolute atomic E-state index is 13.0. The molecule has 2 N–H and O–H groups in total. The highest BCUT2D eigenvalue weighted by Crippen LogP contribution is 2.31. The van der Waals surface area contributed by atoms with Gasteiger partial charge in [0.25, 0.3) is 5.91 Å². The van der Waals surface area contributed by atoms with E-state index in [2.05, 4.69) is 15.3 Å². The van der Waals surface area contributed by atoms with Gasteiger partial charge in [0.2, 0.25) is 0 Å². The van der Waals surface area contributed by atoms with Crippen LogP contribution in [0.3, 0.4) is 0 Å². The number of aromatic hydroxyl groups is 1. The summed E-state index contributed by atoms with van der Waals surface area (Å²) in [6.07, 6.45) is 3.14. The number of aryl methyl sites for hydroxylation is 1. The third-order valence-corrected chi connectivity index (χ3v) is 5.23. The number of carbonyl (C=O) groups excluding carboxylic acids is 1. The minimum Gasteiger partial charge on any atom is -0.507 e. The molecule has 1 fully saturated rings. The minimum atomic E-state index is -0.256. The summed E-state index contributed by atoms with van der Waals surface area (Å²) in [4.78, 5) is 15.3. The zero-order valence-electron chi connectivity index (χ0n) is 16.1. The van der Waals surface area contributed by atoms with E-state index in [4.69, 9.17) is 4.74 Å². The summed E-state index contributed by atoms with van der Waals surface area (Å²) in [7, 11) is 3.55. The first kappa shape index (κ1) is 18.5. The summed E-state index contributed by atoms with van der Waals surface area (Å²) in [5.74, 6) is -0.0669. The smallest absolute Gasteiger partial charge is 0.276 e. The molecule has 0 saturated carbocycles.